The van der Waals surface area contributed by atoms with Crippen molar-refractivity contribution in [3.05, 3.63) is 71.8 Å². The molecule has 0 aliphatic heterocycles. The Morgan fingerprint density at radius 2 is 1.88 bits per heavy atom. The van der Waals surface area contributed by atoms with Crippen molar-refractivity contribution in [2.75, 3.05) is 13.7 Å². The fourth-order valence-corrected chi connectivity index (χ4v) is 2.22. The zero-order valence-corrected chi connectivity index (χ0v) is 14.2. The molecule has 0 aliphatic carbocycles. The van der Waals surface area contributed by atoms with Gasteiger partial charge >= 0.3 is 6.16 Å². The molecule has 1 unspecified atom stereocenters. The molecule has 0 fully saturated rings. The molecule has 0 N–H and O–H groups in total. The third-order valence-electron chi connectivity index (χ3n) is 3.54. The quantitative estimate of drug-likeness (QED) is 0.436. The van der Waals surface area contributed by atoms with Crippen molar-refractivity contribution in [3.63, 3.8) is 0 Å². The minimum atomic E-state index is -0.744. The first kappa shape index (κ1) is 18.3. The minimum absolute atomic E-state index is 0.0303. The van der Waals surface area contributed by atoms with E-state index in [1.165, 1.54) is 7.11 Å². The van der Waals surface area contributed by atoms with Crippen molar-refractivity contribution in [1.82, 2.24) is 9.97 Å². The van der Waals surface area contributed by atoms with Crippen molar-refractivity contribution >= 4 is 11.9 Å². The van der Waals surface area contributed by atoms with E-state index in [2.05, 4.69) is 14.7 Å². The number of ether oxygens (including phenoxy) is 2. The number of Topliss-reactive ketones (excluding diaryl/α,β-unsaturated/α-hetero) is 1. The maximum absolute atomic E-state index is 12.8. The molecule has 0 amide bonds. The summed E-state index contributed by atoms with van der Waals surface area (Å²) in [6, 6.07) is 9.07. The van der Waals surface area contributed by atoms with Crippen LogP contribution in [0.5, 0.6) is 0 Å². The molecule has 25 heavy (non-hydrogen) atoms. The van der Waals surface area contributed by atoms with Crippen molar-refractivity contribution in [2.24, 2.45) is 0 Å². The average Bonchev–Trinajstić information content (AvgIpc) is 2.65. The van der Waals surface area contributed by atoms with Crippen LogP contribution in [0.3, 0.4) is 0 Å². The summed E-state index contributed by atoms with van der Waals surface area (Å²) in [5, 5.41) is 0. The third kappa shape index (κ3) is 5.53. The zero-order valence-electron chi connectivity index (χ0n) is 14.2. The molecule has 1 aromatic heterocycles. The Balaban J connectivity index is 2.12. The Morgan fingerprint density at radius 3 is 2.52 bits per heavy atom. The van der Waals surface area contributed by atoms with E-state index in [4.69, 9.17) is 4.74 Å². The number of aryl methyl sites for hydroxylation is 1. The Bertz CT molecular complexity index is 727. The Morgan fingerprint density at radius 1 is 1.12 bits per heavy atom. The zero-order chi connectivity index (χ0) is 18.1. The summed E-state index contributed by atoms with van der Waals surface area (Å²) in [6.07, 6.45) is 6.41. The Kier molecular flexibility index (Phi) is 6.83. The van der Waals surface area contributed by atoms with Crippen molar-refractivity contribution in [3.8, 4) is 0 Å². The van der Waals surface area contributed by atoms with E-state index >= 15 is 0 Å². The van der Waals surface area contributed by atoms with E-state index < -0.39 is 12.1 Å². The highest BCUT2D eigenvalue weighted by Crippen LogP contribution is 2.23. The second-order valence-electron chi connectivity index (χ2n) is 5.34. The summed E-state index contributed by atoms with van der Waals surface area (Å²) >= 11 is 0. The summed E-state index contributed by atoms with van der Waals surface area (Å²) in [4.78, 5) is 32.3. The number of methoxy groups -OCH3 is 1. The van der Waals surface area contributed by atoms with E-state index in [0.29, 0.717) is 17.7 Å². The normalized spacial score (nSPS) is 11.9. The summed E-state index contributed by atoms with van der Waals surface area (Å²) in [6.45, 7) is 1.92. The van der Waals surface area contributed by atoms with Crippen LogP contribution in [0.1, 0.15) is 34.1 Å². The van der Waals surface area contributed by atoms with Crippen LogP contribution in [0, 0.1) is 6.92 Å². The first-order valence-electron chi connectivity index (χ1n) is 7.85. The fourth-order valence-electron chi connectivity index (χ4n) is 2.22. The molecular formula is C19H20N2O4. The van der Waals surface area contributed by atoms with Crippen LogP contribution in [-0.4, -0.2) is 35.6 Å². The van der Waals surface area contributed by atoms with Crippen LogP contribution in [0.2, 0.25) is 0 Å². The van der Waals surface area contributed by atoms with Gasteiger partial charge in [-0.1, -0.05) is 42.5 Å². The number of aromatic nitrogens is 2. The summed E-state index contributed by atoms with van der Waals surface area (Å²) in [5.74, 6) is -0.484. The molecule has 2 rings (SSSR count). The maximum Gasteiger partial charge on any atom is 0.508 e. The van der Waals surface area contributed by atoms with Crippen LogP contribution in [0.4, 0.5) is 4.79 Å². The predicted octanol–water partition coefficient (Wildman–Crippen LogP) is 3.48. The molecule has 1 heterocycles. The highest BCUT2D eigenvalue weighted by Gasteiger charge is 2.22. The number of allylic oxidation sites excluding steroid dienone is 1. The lowest BCUT2D eigenvalue weighted by molar-refractivity contribution is 0.0816. The fraction of sp³-hybridized carbons (Fsp3) is 0.263. The van der Waals surface area contributed by atoms with Crippen molar-refractivity contribution in [2.45, 2.75) is 19.3 Å². The van der Waals surface area contributed by atoms with Gasteiger partial charge in [0.1, 0.15) is 6.61 Å². The third-order valence-corrected chi connectivity index (χ3v) is 3.54. The van der Waals surface area contributed by atoms with E-state index in [9.17, 15) is 9.59 Å². The standard InChI is InChI=1S/C19H20N2O4/c1-14-12-21-17(13-20-14)16(10-6-7-11-25-19(23)24-2)18(22)15-8-4-3-5-9-15/h3-9,12-13,16H,10-11H2,1-2H3/b7-6+. The number of carbonyl (C=O) groups is 2. The number of rotatable bonds is 7. The summed E-state index contributed by atoms with van der Waals surface area (Å²) in [7, 11) is 1.25. The smallest absolute Gasteiger partial charge is 0.438 e. The number of hydrogen-bond donors (Lipinski definition) is 0. The molecule has 0 radical (unpaired) electrons. The second kappa shape index (κ2) is 9.32. The van der Waals surface area contributed by atoms with Gasteiger partial charge in [-0.05, 0) is 13.3 Å². The van der Waals surface area contributed by atoms with Crippen LogP contribution < -0.4 is 0 Å². The van der Waals surface area contributed by atoms with Crippen LogP contribution >= 0.6 is 0 Å². The lowest BCUT2D eigenvalue weighted by Gasteiger charge is -2.13. The number of benzene rings is 1. The SMILES string of the molecule is COC(=O)OC/C=C/CC(C(=O)c1ccccc1)c1cnc(C)cn1. The first-order chi connectivity index (χ1) is 12.1. The second-order valence-corrected chi connectivity index (χ2v) is 5.34. The molecule has 0 spiro atoms. The monoisotopic (exact) mass is 340 g/mol. The highest BCUT2D eigenvalue weighted by molar-refractivity contribution is 6.00. The van der Waals surface area contributed by atoms with E-state index in [1.807, 2.05) is 25.1 Å². The number of carbonyl (C=O) groups excluding carboxylic acids is 2. The summed E-state index contributed by atoms with van der Waals surface area (Å²) < 4.78 is 9.17. The maximum atomic E-state index is 12.8. The van der Waals surface area contributed by atoms with Crippen LogP contribution in [-0.2, 0) is 9.47 Å². The molecule has 0 bridgehead atoms. The molecule has 6 heteroatoms. The molecule has 0 saturated heterocycles. The van der Waals surface area contributed by atoms with Gasteiger partial charge in [0.25, 0.3) is 0 Å². The van der Waals surface area contributed by atoms with Gasteiger partial charge in [-0.25, -0.2) is 4.79 Å². The van der Waals surface area contributed by atoms with Gasteiger partial charge in [-0.15, -0.1) is 0 Å². The molecule has 2 aromatic rings. The molecule has 1 atom stereocenters. The van der Waals surface area contributed by atoms with Crippen molar-refractivity contribution in [1.29, 1.82) is 0 Å². The number of nitrogens with zero attached hydrogens (tertiary/aromatic N) is 2. The van der Waals surface area contributed by atoms with Gasteiger partial charge in [0.2, 0.25) is 0 Å². The van der Waals surface area contributed by atoms with E-state index in [0.717, 1.165) is 5.69 Å². The average molecular weight is 340 g/mol. The summed E-state index contributed by atoms with van der Waals surface area (Å²) in [5.41, 5.74) is 2.02. The molecule has 1 aromatic carbocycles. The van der Waals surface area contributed by atoms with Gasteiger partial charge in [0.15, 0.2) is 5.78 Å². The predicted molar refractivity (Wildman–Crippen MR) is 92.4 cm³/mol. The topological polar surface area (TPSA) is 78.4 Å². The highest BCUT2D eigenvalue weighted by atomic mass is 16.7. The number of hydrogen-bond acceptors (Lipinski definition) is 6. The van der Waals surface area contributed by atoms with E-state index in [-0.39, 0.29) is 12.4 Å². The van der Waals surface area contributed by atoms with Gasteiger partial charge in [-0.3, -0.25) is 14.8 Å². The lowest BCUT2D eigenvalue weighted by Crippen LogP contribution is -2.14. The first-order valence-corrected chi connectivity index (χ1v) is 7.85. The van der Waals surface area contributed by atoms with Crippen molar-refractivity contribution < 1.29 is 19.1 Å². The van der Waals surface area contributed by atoms with Crippen LogP contribution in [0.15, 0.2) is 54.9 Å². The number of ketones is 1. The van der Waals surface area contributed by atoms with Gasteiger partial charge in [0, 0.05) is 18.0 Å². The van der Waals surface area contributed by atoms with Gasteiger partial charge < -0.3 is 9.47 Å². The Labute approximate surface area is 146 Å². The van der Waals surface area contributed by atoms with Gasteiger partial charge in [0.05, 0.1) is 24.4 Å². The van der Waals surface area contributed by atoms with E-state index in [1.54, 1.807) is 36.7 Å². The molecule has 0 aliphatic rings. The molecule has 0 saturated carbocycles. The minimum Gasteiger partial charge on any atom is -0.438 e. The molecule has 130 valence electrons. The Hall–Kier alpha value is -3.02. The molecule has 6 nitrogen and oxygen atoms in total. The van der Waals surface area contributed by atoms with Crippen LogP contribution in [0.25, 0.3) is 0 Å². The largest absolute Gasteiger partial charge is 0.508 e. The van der Waals surface area contributed by atoms with Gasteiger partial charge in [-0.2, -0.15) is 0 Å². The molecular weight excluding hydrogens is 320 g/mol. The lowest BCUT2D eigenvalue weighted by atomic mass is 9.91.